The Kier molecular flexibility index (Phi) is 4.42. The van der Waals surface area contributed by atoms with Crippen LogP contribution in [-0.2, 0) is 4.79 Å². The predicted octanol–water partition coefficient (Wildman–Crippen LogP) is 2.99. The highest BCUT2D eigenvalue weighted by Gasteiger charge is 2.44. The smallest absolute Gasteiger partial charge is 0.226 e. The number of carbonyl (C=O) groups is 1. The molecule has 2 bridgehead atoms. The fourth-order valence-corrected chi connectivity index (χ4v) is 4.93. The molecule has 1 saturated heterocycles. The first-order valence-electron chi connectivity index (χ1n) is 9.90. The van der Waals surface area contributed by atoms with Crippen LogP contribution in [0.3, 0.4) is 0 Å². The van der Waals surface area contributed by atoms with Crippen molar-refractivity contribution < 1.29 is 4.79 Å². The molecule has 0 N–H and O–H groups in total. The Hall–Kier alpha value is -1.65. The third kappa shape index (κ3) is 3.25. The van der Waals surface area contributed by atoms with Crippen molar-refractivity contribution in [2.45, 2.75) is 52.4 Å². The molecule has 1 aromatic rings. The van der Waals surface area contributed by atoms with Crippen LogP contribution in [0.15, 0.2) is 6.07 Å². The number of rotatable bonds is 3. The van der Waals surface area contributed by atoms with Gasteiger partial charge in [0.1, 0.15) is 11.6 Å². The summed E-state index contributed by atoms with van der Waals surface area (Å²) in [7, 11) is 0. The zero-order valence-electron chi connectivity index (χ0n) is 15.7. The van der Waals surface area contributed by atoms with Crippen molar-refractivity contribution in [3.05, 3.63) is 17.6 Å². The molecule has 5 nitrogen and oxygen atoms in total. The van der Waals surface area contributed by atoms with E-state index in [9.17, 15) is 4.79 Å². The van der Waals surface area contributed by atoms with Crippen molar-refractivity contribution in [3.8, 4) is 0 Å². The van der Waals surface area contributed by atoms with Gasteiger partial charge in [0, 0.05) is 49.8 Å². The number of hydrogen-bond donors (Lipinski definition) is 0. The number of fused-ring (bicyclic) bond motifs is 2. The summed E-state index contributed by atoms with van der Waals surface area (Å²) in [6.45, 7) is 9.70. The number of aromatic nitrogens is 2. The van der Waals surface area contributed by atoms with E-state index < -0.39 is 0 Å². The summed E-state index contributed by atoms with van der Waals surface area (Å²) in [5.41, 5.74) is 1.02. The van der Waals surface area contributed by atoms with Crippen molar-refractivity contribution in [3.63, 3.8) is 0 Å². The summed E-state index contributed by atoms with van der Waals surface area (Å²) in [5, 5.41) is 0. The second-order valence-corrected chi connectivity index (χ2v) is 8.47. The Morgan fingerprint density at radius 2 is 1.88 bits per heavy atom. The molecule has 1 amide bonds. The lowest BCUT2D eigenvalue weighted by molar-refractivity contribution is -0.137. The van der Waals surface area contributed by atoms with E-state index in [0.29, 0.717) is 23.7 Å². The Balaban J connectivity index is 1.39. The van der Waals surface area contributed by atoms with Crippen LogP contribution in [0.25, 0.3) is 0 Å². The van der Waals surface area contributed by atoms with E-state index in [-0.39, 0.29) is 0 Å². The van der Waals surface area contributed by atoms with Gasteiger partial charge in [-0.2, -0.15) is 0 Å². The third-order valence-electron chi connectivity index (χ3n) is 6.35. The van der Waals surface area contributed by atoms with Gasteiger partial charge in [0.05, 0.1) is 0 Å². The van der Waals surface area contributed by atoms with Gasteiger partial charge >= 0.3 is 0 Å². The number of aryl methyl sites for hydroxylation is 1. The van der Waals surface area contributed by atoms with Crippen LogP contribution in [0.2, 0.25) is 0 Å². The molecule has 0 unspecified atom stereocenters. The first-order chi connectivity index (χ1) is 12.0. The molecule has 25 heavy (non-hydrogen) atoms. The molecule has 3 aliphatic rings. The number of amides is 1. The highest BCUT2D eigenvalue weighted by molar-refractivity contribution is 5.80. The van der Waals surface area contributed by atoms with E-state index in [1.54, 1.807) is 0 Å². The van der Waals surface area contributed by atoms with E-state index >= 15 is 0 Å². The third-order valence-corrected chi connectivity index (χ3v) is 6.35. The average molecular weight is 342 g/mol. The van der Waals surface area contributed by atoms with E-state index in [1.165, 1.54) is 19.3 Å². The molecule has 3 atom stereocenters. The molecule has 0 radical (unpaired) electrons. The van der Waals surface area contributed by atoms with Gasteiger partial charge in [-0.15, -0.1) is 0 Å². The van der Waals surface area contributed by atoms with Crippen molar-refractivity contribution in [2.24, 2.45) is 17.8 Å². The number of nitrogens with zero attached hydrogens (tertiary/aromatic N) is 4. The van der Waals surface area contributed by atoms with E-state index in [2.05, 4.69) is 34.7 Å². The summed E-state index contributed by atoms with van der Waals surface area (Å²) < 4.78 is 0. The molecule has 2 heterocycles. The van der Waals surface area contributed by atoms with Crippen LogP contribution in [0, 0.1) is 24.7 Å². The lowest BCUT2D eigenvalue weighted by Gasteiger charge is -2.38. The fraction of sp³-hybridized carbons (Fsp3) is 0.750. The maximum atomic E-state index is 12.9. The first-order valence-corrected chi connectivity index (χ1v) is 9.90. The molecular weight excluding hydrogens is 312 g/mol. The highest BCUT2D eigenvalue weighted by atomic mass is 16.2. The number of hydrogen-bond acceptors (Lipinski definition) is 4. The molecule has 5 heteroatoms. The average Bonchev–Trinajstić information content (AvgIpc) is 3.24. The largest absolute Gasteiger partial charge is 0.353 e. The number of carbonyl (C=O) groups excluding carboxylic acids is 1. The molecule has 0 spiro atoms. The minimum atomic E-state index is 0.319. The van der Waals surface area contributed by atoms with Crippen LogP contribution in [0.1, 0.15) is 57.0 Å². The van der Waals surface area contributed by atoms with Gasteiger partial charge in [-0.1, -0.05) is 20.3 Å². The molecule has 2 aliphatic carbocycles. The number of anilines is 1. The molecule has 4 rings (SSSR count). The maximum absolute atomic E-state index is 12.9. The summed E-state index contributed by atoms with van der Waals surface area (Å²) in [6, 6.07) is 2.07. The standard InChI is InChI=1S/C20H30N4O/c1-13(2)19-21-14(3)10-18(22-19)23-6-8-24(9-7-23)20(25)17-12-15-4-5-16(17)11-15/h10,13,15-17H,4-9,11-12H2,1-3H3/t15-,16-,17-/m0/s1. The highest BCUT2D eigenvalue weighted by Crippen LogP contribution is 2.48. The summed E-state index contributed by atoms with van der Waals surface area (Å²) >= 11 is 0. The second kappa shape index (κ2) is 6.58. The minimum absolute atomic E-state index is 0.319. The van der Waals surface area contributed by atoms with Gasteiger partial charge in [0.25, 0.3) is 0 Å². The van der Waals surface area contributed by atoms with Crippen LogP contribution < -0.4 is 4.90 Å². The predicted molar refractivity (Wildman–Crippen MR) is 98.6 cm³/mol. The quantitative estimate of drug-likeness (QED) is 0.847. The van der Waals surface area contributed by atoms with Gasteiger partial charge in [-0.05, 0) is 38.0 Å². The van der Waals surface area contributed by atoms with Crippen molar-refractivity contribution in [1.82, 2.24) is 14.9 Å². The van der Waals surface area contributed by atoms with Crippen LogP contribution >= 0.6 is 0 Å². The van der Waals surface area contributed by atoms with Crippen molar-refractivity contribution >= 4 is 11.7 Å². The lowest BCUT2D eigenvalue weighted by atomic mass is 9.87. The van der Waals surface area contributed by atoms with Crippen LogP contribution in [-0.4, -0.2) is 47.0 Å². The Morgan fingerprint density at radius 1 is 1.12 bits per heavy atom. The second-order valence-electron chi connectivity index (χ2n) is 8.47. The van der Waals surface area contributed by atoms with E-state index in [4.69, 9.17) is 4.98 Å². The van der Waals surface area contributed by atoms with Gasteiger partial charge in [0.15, 0.2) is 0 Å². The maximum Gasteiger partial charge on any atom is 0.226 e. The van der Waals surface area contributed by atoms with Gasteiger partial charge in [-0.3, -0.25) is 4.79 Å². The molecule has 136 valence electrons. The summed E-state index contributed by atoms with van der Waals surface area (Å²) in [6.07, 6.45) is 5.08. The Labute approximate surface area is 150 Å². The summed E-state index contributed by atoms with van der Waals surface area (Å²) in [5.74, 6) is 4.51. The van der Waals surface area contributed by atoms with Crippen LogP contribution in [0.5, 0.6) is 0 Å². The van der Waals surface area contributed by atoms with Crippen molar-refractivity contribution in [1.29, 1.82) is 0 Å². The first kappa shape index (κ1) is 16.8. The summed E-state index contributed by atoms with van der Waals surface area (Å²) in [4.78, 5) is 26.6. The molecule has 3 fully saturated rings. The zero-order valence-corrected chi connectivity index (χ0v) is 15.7. The Morgan fingerprint density at radius 3 is 2.48 bits per heavy atom. The van der Waals surface area contributed by atoms with Gasteiger partial charge in [-0.25, -0.2) is 9.97 Å². The molecule has 1 aromatic heterocycles. The van der Waals surface area contributed by atoms with Crippen LogP contribution in [0.4, 0.5) is 5.82 Å². The van der Waals surface area contributed by atoms with E-state index in [0.717, 1.165) is 55.9 Å². The topological polar surface area (TPSA) is 49.3 Å². The van der Waals surface area contributed by atoms with Crippen molar-refractivity contribution in [2.75, 3.05) is 31.1 Å². The molecule has 1 aliphatic heterocycles. The van der Waals surface area contributed by atoms with E-state index in [1.807, 2.05) is 6.92 Å². The molecule has 0 aromatic carbocycles. The molecule has 2 saturated carbocycles. The fourth-order valence-electron chi connectivity index (χ4n) is 4.93. The SMILES string of the molecule is Cc1cc(N2CCN(C(=O)[C@H]3C[C@H]4CC[C@H]3C4)CC2)nc(C(C)C)n1. The minimum Gasteiger partial charge on any atom is -0.353 e. The van der Waals surface area contributed by atoms with Gasteiger partial charge < -0.3 is 9.80 Å². The van der Waals surface area contributed by atoms with Gasteiger partial charge in [0.2, 0.25) is 5.91 Å². The zero-order chi connectivity index (χ0) is 17.6. The monoisotopic (exact) mass is 342 g/mol. The lowest BCUT2D eigenvalue weighted by Crippen LogP contribution is -2.51. The Bertz CT molecular complexity index is 651. The molecular formula is C20H30N4O. The normalized spacial score (nSPS) is 28.9. The number of piperazine rings is 1.